The average Bonchev–Trinajstić information content (AvgIpc) is 2.36. The number of carbonyl (C=O) groups is 1. The van der Waals surface area contributed by atoms with Crippen LogP contribution < -0.4 is 10.5 Å². The number of nitrogens with two attached hydrogens (primary N) is 1. The van der Waals surface area contributed by atoms with E-state index in [1.807, 2.05) is 32.8 Å². The van der Waals surface area contributed by atoms with Gasteiger partial charge in [0.15, 0.2) is 5.75 Å². The molecule has 0 radical (unpaired) electrons. The molecule has 0 heterocycles. The fraction of sp³-hybridized carbons (Fsp3) is 0.533. The van der Waals surface area contributed by atoms with Crippen LogP contribution in [0.25, 0.3) is 0 Å². The molecule has 0 fully saturated rings. The molecule has 0 aliphatic carbocycles. The van der Waals surface area contributed by atoms with E-state index in [0.717, 1.165) is 0 Å². The number of anilines is 1. The van der Waals surface area contributed by atoms with E-state index in [1.54, 1.807) is 13.0 Å². The molecule has 2 N–H and O–H groups in total. The largest absolute Gasteiger partial charge is 0.489 e. The third kappa shape index (κ3) is 4.51. The summed E-state index contributed by atoms with van der Waals surface area (Å²) in [7, 11) is 3.92. The molecule has 0 bridgehead atoms. The van der Waals surface area contributed by atoms with Gasteiger partial charge >= 0.3 is 5.97 Å². The van der Waals surface area contributed by atoms with E-state index in [1.165, 1.54) is 6.07 Å². The van der Waals surface area contributed by atoms with Crippen molar-refractivity contribution >= 4 is 23.3 Å². The van der Waals surface area contributed by atoms with Crippen LogP contribution in [-0.2, 0) is 4.74 Å². The van der Waals surface area contributed by atoms with Gasteiger partial charge in [0.1, 0.15) is 12.2 Å². The van der Waals surface area contributed by atoms with Crippen molar-refractivity contribution in [2.24, 2.45) is 0 Å². The van der Waals surface area contributed by atoms with Crippen LogP contribution in [0, 0.1) is 0 Å². The Kier molecular flexibility index (Phi) is 5.87. The number of esters is 1. The Labute approximate surface area is 131 Å². The van der Waals surface area contributed by atoms with Gasteiger partial charge in [0.05, 0.1) is 11.6 Å². The third-order valence-electron chi connectivity index (χ3n) is 3.34. The van der Waals surface area contributed by atoms with Crippen LogP contribution in [0.4, 0.5) is 5.69 Å². The van der Waals surface area contributed by atoms with Gasteiger partial charge in [-0.2, -0.15) is 0 Å². The minimum Gasteiger partial charge on any atom is -0.489 e. The molecule has 1 aromatic rings. The molecule has 0 saturated carbocycles. The monoisotopic (exact) mass is 314 g/mol. The van der Waals surface area contributed by atoms with Crippen molar-refractivity contribution in [1.82, 2.24) is 4.90 Å². The first kappa shape index (κ1) is 17.6. The van der Waals surface area contributed by atoms with Gasteiger partial charge in [0.25, 0.3) is 0 Å². The van der Waals surface area contributed by atoms with Crippen molar-refractivity contribution in [2.75, 3.05) is 33.0 Å². The molecule has 1 aromatic carbocycles. The summed E-state index contributed by atoms with van der Waals surface area (Å²) < 4.78 is 10.8. The summed E-state index contributed by atoms with van der Waals surface area (Å²) in [6.45, 7) is 6.44. The minimum absolute atomic E-state index is 0.212. The standard InChI is InChI=1S/C15H23ClN2O3/c1-6-20-14(19)11-7-10(17)8-12(16)13(11)21-9-15(2,3)18(4)5/h7-8H,6,9,17H2,1-5H3. The van der Waals surface area contributed by atoms with E-state index in [9.17, 15) is 4.79 Å². The minimum atomic E-state index is -0.496. The number of carbonyl (C=O) groups excluding carboxylic acids is 1. The maximum absolute atomic E-state index is 12.0. The zero-order valence-electron chi connectivity index (χ0n) is 13.2. The molecule has 118 valence electrons. The van der Waals surface area contributed by atoms with Crippen LogP contribution >= 0.6 is 11.6 Å². The first-order chi connectivity index (χ1) is 9.69. The molecule has 0 aliphatic rings. The van der Waals surface area contributed by atoms with Crippen molar-refractivity contribution in [2.45, 2.75) is 26.3 Å². The summed E-state index contributed by atoms with van der Waals surface area (Å²) in [6, 6.07) is 3.07. The second-order valence-electron chi connectivity index (χ2n) is 5.60. The zero-order valence-corrected chi connectivity index (χ0v) is 14.0. The summed E-state index contributed by atoms with van der Waals surface area (Å²) in [5.74, 6) is -0.191. The Hall–Kier alpha value is -1.46. The highest BCUT2D eigenvalue weighted by Crippen LogP contribution is 2.33. The molecule has 0 saturated heterocycles. The molecule has 0 amide bonds. The highest BCUT2D eigenvalue weighted by atomic mass is 35.5. The highest BCUT2D eigenvalue weighted by Gasteiger charge is 2.24. The second kappa shape index (κ2) is 7.00. The lowest BCUT2D eigenvalue weighted by Gasteiger charge is -2.32. The number of nitrogens with zero attached hydrogens (tertiary/aromatic N) is 1. The molecule has 0 unspecified atom stereocenters. The first-order valence-electron chi connectivity index (χ1n) is 6.75. The van der Waals surface area contributed by atoms with Gasteiger partial charge in [-0.15, -0.1) is 0 Å². The highest BCUT2D eigenvalue weighted by molar-refractivity contribution is 6.33. The van der Waals surface area contributed by atoms with Gasteiger partial charge in [0, 0.05) is 11.2 Å². The van der Waals surface area contributed by atoms with Gasteiger partial charge < -0.3 is 20.1 Å². The lowest BCUT2D eigenvalue weighted by Crippen LogP contribution is -2.43. The Morgan fingerprint density at radius 1 is 1.38 bits per heavy atom. The quantitative estimate of drug-likeness (QED) is 0.646. The number of hydrogen-bond donors (Lipinski definition) is 1. The van der Waals surface area contributed by atoms with Crippen molar-refractivity contribution in [3.8, 4) is 5.75 Å². The van der Waals surface area contributed by atoms with Crippen molar-refractivity contribution in [3.63, 3.8) is 0 Å². The lowest BCUT2D eigenvalue weighted by molar-refractivity contribution is 0.0516. The van der Waals surface area contributed by atoms with Crippen molar-refractivity contribution in [3.05, 3.63) is 22.7 Å². The Morgan fingerprint density at radius 2 is 2.00 bits per heavy atom. The summed E-state index contributed by atoms with van der Waals surface area (Å²) in [5, 5.41) is 0.299. The molecule has 0 atom stereocenters. The van der Waals surface area contributed by atoms with Gasteiger partial charge in [-0.1, -0.05) is 11.6 Å². The average molecular weight is 315 g/mol. The summed E-state index contributed by atoms with van der Waals surface area (Å²) in [4.78, 5) is 14.0. The molecular weight excluding hydrogens is 292 g/mol. The predicted octanol–water partition coefficient (Wildman–Crippen LogP) is 2.82. The van der Waals surface area contributed by atoms with E-state index >= 15 is 0 Å². The SMILES string of the molecule is CCOC(=O)c1cc(N)cc(Cl)c1OCC(C)(C)N(C)C. The van der Waals surface area contributed by atoms with E-state index in [4.69, 9.17) is 26.8 Å². The number of hydrogen-bond acceptors (Lipinski definition) is 5. The summed E-state index contributed by atoms with van der Waals surface area (Å²) in [5.41, 5.74) is 6.16. The Balaban J connectivity index is 3.08. The Morgan fingerprint density at radius 3 is 2.52 bits per heavy atom. The molecule has 21 heavy (non-hydrogen) atoms. The predicted molar refractivity (Wildman–Crippen MR) is 85.1 cm³/mol. The summed E-state index contributed by atoms with van der Waals surface area (Å²) in [6.07, 6.45) is 0. The smallest absolute Gasteiger partial charge is 0.342 e. The van der Waals surface area contributed by atoms with Gasteiger partial charge in [-0.3, -0.25) is 0 Å². The van der Waals surface area contributed by atoms with Crippen LogP contribution in [-0.4, -0.2) is 43.7 Å². The fourth-order valence-corrected chi connectivity index (χ4v) is 1.78. The molecule has 0 aliphatic heterocycles. The molecule has 0 aromatic heterocycles. The van der Waals surface area contributed by atoms with E-state index in [2.05, 4.69) is 0 Å². The van der Waals surface area contributed by atoms with E-state index in [0.29, 0.717) is 23.1 Å². The van der Waals surface area contributed by atoms with Crippen LogP contribution in [0.3, 0.4) is 0 Å². The van der Waals surface area contributed by atoms with Crippen LogP contribution in [0.5, 0.6) is 5.75 Å². The topological polar surface area (TPSA) is 64.8 Å². The van der Waals surface area contributed by atoms with Crippen molar-refractivity contribution < 1.29 is 14.3 Å². The number of ether oxygens (including phenoxy) is 2. The number of benzene rings is 1. The van der Waals surface area contributed by atoms with Gasteiger partial charge in [-0.25, -0.2) is 4.79 Å². The Bertz CT molecular complexity index is 516. The molecule has 0 spiro atoms. The van der Waals surface area contributed by atoms with Crippen LogP contribution in [0.15, 0.2) is 12.1 Å². The maximum atomic E-state index is 12.0. The van der Waals surface area contributed by atoms with E-state index in [-0.39, 0.29) is 17.7 Å². The number of nitrogen functional groups attached to an aromatic ring is 1. The maximum Gasteiger partial charge on any atom is 0.342 e. The van der Waals surface area contributed by atoms with E-state index < -0.39 is 5.97 Å². The number of halogens is 1. The van der Waals surface area contributed by atoms with Crippen LogP contribution in [0.2, 0.25) is 5.02 Å². The van der Waals surface area contributed by atoms with Crippen LogP contribution in [0.1, 0.15) is 31.1 Å². The third-order valence-corrected chi connectivity index (χ3v) is 3.62. The number of rotatable bonds is 6. The molecule has 5 nitrogen and oxygen atoms in total. The van der Waals surface area contributed by atoms with Gasteiger partial charge in [-0.05, 0) is 47.0 Å². The molecular formula is C15H23ClN2O3. The summed E-state index contributed by atoms with van der Waals surface area (Å²) >= 11 is 6.16. The fourth-order valence-electron chi connectivity index (χ4n) is 1.50. The normalized spacial score (nSPS) is 11.6. The first-order valence-corrected chi connectivity index (χ1v) is 7.13. The number of likely N-dealkylation sites (N-methyl/N-ethyl adjacent to an activating group) is 1. The zero-order chi connectivity index (χ0) is 16.2. The second-order valence-corrected chi connectivity index (χ2v) is 6.00. The molecule has 1 rings (SSSR count). The lowest BCUT2D eigenvalue weighted by atomic mass is 10.1. The van der Waals surface area contributed by atoms with Crippen molar-refractivity contribution in [1.29, 1.82) is 0 Å². The van der Waals surface area contributed by atoms with Gasteiger partial charge in [0.2, 0.25) is 0 Å². The molecule has 6 heteroatoms.